The first-order valence-electron chi connectivity index (χ1n) is 6.13. The normalized spacial score (nSPS) is 10.5. The van der Waals surface area contributed by atoms with Gasteiger partial charge in [0, 0.05) is 24.0 Å². The summed E-state index contributed by atoms with van der Waals surface area (Å²) in [4.78, 5) is 18.6. The molecule has 0 aliphatic heterocycles. The molecule has 1 N–H and O–H groups in total. The summed E-state index contributed by atoms with van der Waals surface area (Å²) in [7, 11) is 0. The van der Waals surface area contributed by atoms with Crippen molar-refractivity contribution in [2.75, 3.05) is 0 Å². The van der Waals surface area contributed by atoms with Gasteiger partial charge in [0.15, 0.2) is 11.6 Å². The summed E-state index contributed by atoms with van der Waals surface area (Å²) in [6, 6.07) is 5.95. The van der Waals surface area contributed by atoms with E-state index in [9.17, 15) is 13.6 Å². The van der Waals surface area contributed by atoms with Gasteiger partial charge in [-0.3, -0.25) is 4.79 Å². The van der Waals surface area contributed by atoms with Crippen LogP contribution in [0.25, 0.3) is 11.3 Å². The molecule has 0 unspecified atom stereocenters. The Balaban J connectivity index is 1.85. The molecule has 0 aliphatic rings. The van der Waals surface area contributed by atoms with Gasteiger partial charge >= 0.3 is 6.01 Å². The zero-order chi connectivity index (χ0) is 15.5. The molecule has 0 bridgehead atoms. The van der Waals surface area contributed by atoms with Crippen LogP contribution in [0.15, 0.2) is 47.5 Å². The molecule has 0 radical (unpaired) electrons. The summed E-state index contributed by atoms with van der Waals surface area (Å²) in [5, 5.41) is 6.09. The lowest BCUT2D eigenvalue weighted by Gasteiger charge is -2.06. The Morgan fingerprint density at radius 3 is 2.27 bits per heavy atom. The summed E-state index contributed by atoms with van der Waals surface area (Å²) in [6.07, 6.45) is 2.73. The SMILES string of the molecule is O=c1ccc(-c2cnc(Oc3c(F)cccc3F)nc2)n[nH]1. The maximum absolute atomic E-state index is 13.5. The van der Waals surface area contributed by atoms with E-state index in [1.807, 2.05) is 0 Å². The van der Waals surface area contributed by atoms with Crippen LogP contribution >= 0.6 is 0 Å². The third-order valence-electron chi connectivity index (χ3n) is 2.72. The van der Waals surface area contributed by atoms with E-state index in [2.05, 4.69) is 20.2 Å². The first-order chi connectivity index (χ1) is 10.6. The Labute approximate surface area is 122 Å². The second-order valence-corrected chi connectivity index (χ2v) is 4.21. The molecule has 3 aromatic rings. The van der Waals surface area contributed by atoms with E-state index in [1.54, 1.807) is 0 Å². The zero-order valence-corrected chi connectivity index (χ0v) is 11.0. The molecule has 0 saturated carbocycles. The van der Waals surface area contributed by atoms with Crippen LogP contribution in [0.5, 0.6) is 11.8 Å². The van der Waals surface area contributed by atoms with Gasteiger partial charge in [0.2, 0.25) is 5.75 Å². The molecule has 22 heavy (non-hydrogen) atoms. The number of aromatic nitrogens is 4. The highest BCUT2D eigenvalue weighted by Crippen LogP contribution is 2.25. The van der Waals surface area contributed by atoms with Crippen molar-refractivity contribution in [2.24, 2.45) is 0 Å². The molecule has 0 spiro atoms. The van der Waals surface area contributed by atoms with E-state index >= 15 is 0 Å². The first kappa shape index (κ1) is 13.8. The van der Waals surface area contributed by atoms with Crippen LogP contribution in [0.2, 0.25) is 0 Å². The van der Waals surface area contributed by atoms with Gasteiger partial charge < -0.3 is 4.74 Å². The molecular weight excluding hydrogens is 294 g/mol. The van der Waals surface area contributed by atoms with Crippen molar-refractivity contribution in [3.8, 4) is 23.0 Å². The molecule has 6 nitrogen and oxygen atoms in total. The maximum atomic E-state index is 13.5. The van der Waals surface area contributed by atoms with Gasteiger partial charge in [-0.25, -0.2) is 23.8 Å². The number of hydrogen-bond donors (Lipinski definition) is 1. The Morgan fingerprint density at radius 1 is 1.00 bits per heavy atom. The average Bonchev–Trinajstić information content (AvgIpc) is 2.53. The number of para-hydroxylation sites is 1. The molecule has 8 heteroatoms. The molecule has 3 rings (SSSR count). The fraction of sp³-hybridized carbons (Fsp3) is 0. The molecule has 0 saturated heterocycles. The van der Waals surface area contributed by atoms with Gasteiger partial charge in [0.25, 0.3) is 5.56 Å². The smallest absolute Gasteiger partial charge is 0.322 e. The average molecular weight is 302 g/mol. The number of H-pyrrole nitrogens is 1. The highest BCUT2D eigenvalue weighted by Gasteiger charge is 2.12. The number of nitrogens with zero attached hydrogens (tertiary/aromatic N) is 3. The monoisotopic (exact) mass is 302 g/mol. The summed E-state index contributed by atoms with van der Waals surface area (Å²) < 4.78 is 31.9. The minimum Gasteiger partial charge on any atom is -0.418 e. The molecule has 110 valence electrons. The molecule has 1 aromatic carbocycles. The standard InChI is InChI=1S/C14H8F2N4O2/c15-9-2-1-3-10(16)13(9)22-14-17-6-8(7-18-14)11-4-5-12(21)20-19-11/h1-7H,(H,20,21). The van der Waals surface area contributed by atoms with Crippen LogP contribution in [0.3, 0.4) is 0 Å². The highest BCUT2D eigenvalue weighted by atomic mass is 19.1. The maximum Gasteiger partial charge on any atom is 0.322 e. The van der Waals surface area contributed by atoms with E-state index in [1.165, 1.54) is 30.6 Å². The van der Waals surface area contributed by atoms with Crippen molar-refractivity contribution in [1.29, 1.82) is 0 Å². The lowest BCUT2D eigenvalue weighted by atomic mass is 10.2. The minimum absolute atomic E-state index is 0.211. The highest BCUT2D eigenvalue weighted by molar-refractivity contribution is 5.55. The van der Waals surface area contributed by atoms with Crippen molar-refractivity contribution in [1.82, 2.24) is 20.2 Å². The number of ether oxygens (including phenoxy) is 1. The lowest BCUT2D eigenvalue weighted by Crippen LogP contribution is -2.05. The lowest BCUT2D eigenvalue weighted by molar-refractivity contribution is 0.382. The van der Waals surface area contributed by atoms with Crippen LogP contribution in [0, 0.1) is 11.6 Å². The van der Waals surface area contributed by atoms with Crippen molar-refractivity contribution in [3.63, 3.8) is 0 Å². The molecule has 0 atom stereocenters. The molecule has 0 amide bonds. The topological polar surface area (TPSA) is 80.8 Å². The predicted octanol–water partition coefficient (Wildman–Crippen LogP) is 2.30. The summed E-state index contributed by atoms with van der Waals surface area (Å²) in [6.45, 7) is 0. The number of aromatic amines is 1. The van der Waals surface area contributed by atoms with Crippen LogP contribution in [0.4, 0.5) is 8.78 Å². The third kappa shape index (κ3) is 2.80. The van der Waals surface area contributed by atoms with Gasteiger partial charge in [-0.2, -0.15) is 5.10 Å². The second kappa shape index (κ2) is 5.68. The molecule has 2 aromatic heterocycles. The first-order valence-corrected chi connectivity index (χ1v) is 6.13. The van der Waals surface area contributed by atoms with Crippen LogP contribution in [-0.4, -0.2) is 20.2 Å². The van der Waals surface area contributed by atoms with Crippen LogP contribution in [-0.2, 0) is 0 Å². The van der Waals surface area contributed by atoms with Gasteiger partial charge in [-0.1, -0.05) is 6.07 Å². The molecule has 0 aliphatic carbocycles. The number of rotatable bonds is 3. The van der Waals surface area contributed by atoms with Gasteiger partial charge in [-0.15, -0.1) is 0 Å². The minimum atomic E-state index is -0.852. The van der Waals surface area contributed by atoms with E-state index in [0.29, 0.717) is 11.3 Å². The number of nitrogens with one attached hydrogen (secondary N) is 1. The second-order valence-electron chi connectivity index (χ2n) is 4.21. The Hall–Kier alpha value is -3.16. The Bertz CT molecular complexity index is 825. The van der Waals surface area contributed by atoms with Crippen molar-refractivity contribution < 1.29 is 13.5 Å². The van der Waals surface area contributed by atoms with Gasteiger partial charge in [0.1, 0.15) is 0 Å². The van der Waals surface area contributed by atoms with E-state index in [0.717, 1.165) is 12.1 Å². The molecule has 0 fully saturated rings. The summed E-state index contributed by atoms with van der Waals surface area (Å²) >= 11 is 0. The van der Waals surface area contributed by atoms with Crippen molar-refractivity contribution in [3.05, 3.63) is 64.7 Å². The van der Waals surface area contributed by atoms with Crippen LogP contribution < -0.4 is 10.3 Å². The number of hydrogen-bond acceptors (Lipinski definition) is 5. The number of benzene rings is 1. The van der Waals surface area contributed by atoms with E-state index in [4.69, 9.17) is 4.74 Å². The van der Waals surface area contributed by atoms with Crippen LogP contribution in [0.1, 0.15) is 0 Å². The van der Waals surface area contributed by atoms with Crippen molar-refractivity contribution in [2.45, 2.75) is 0 Å². The molecular formula is C14H8F2N4O2. The van der Waals surface area contributed by atoms with Gasteiger partial charge in [-0.05, 0) is 18.2 Å². The largest absolute Gasteiger partial charge is 0.418 e. The zero-order valence-electron chi connectivity index (χ0n) is 11.0. The van der Waals surface area contributed by atoms with Gasteiger partial charge in [0.05, 0.1) is 5.69 Å². The fourth-order valence-electron chi connectivity index (χ4n) is 1.68. The Kier molecular flexibility index (Phi) is 3.57. The van der Waals surface area contributed by atoms with E-state index < -0.39 is 17.4 Å². The Morgan fingerprint density at radius 2 is 1.68 bits per heavy atom. The number of halogens is 2. The quantitative estimate of drug-likeness (QED) is 0.803. The fourth-order valence-corrected chi connectivity index (χ4v) is 1.68. The van der Waals surface area contributed by atoms with E-state index in [-0.39, 0.29) is 11.6 Å². The third-order valence-corrected chi connectivity index (χ3v) is 2.72. The predicted molar refractivity (Wildman–Crippen MR) is 72.3 cm³/mol. The molecule has 2 heterocycles. The van der Waals surface area contributed by atoms with Crippen molar-refractivity contribution >= 4 is 0 Å². The summed E-state index contributed by atoms with van der Waals surface area (Å²) in [5.41, 5.74) is 0.625. The summed E-state index contributed by atoms with van der Waals surface area (Å²) in [5.74, 6) is -2.28.